The number of carbonyl (C=O) groups is 1. The average molecular weight is 322 g/mol. The van der Waals surface area contributed by atoms with Crippen LogP contribution in [0.15, 0.2) is 46.8 Å². The van der Waals surface area contributed by atoms with E-state index in [9.17, 15) is 4.79 Å². The molecule has 2 heterocycles. The first-order valence-corrected chi connectivity index (χ1v) is 7.62. The molecule has 0 unspecified atom stereocenters. The van der Waals surface area contributed by atoms with Gasteiger partial charge in [0.15, 0.2) is 5.82 Å². The molecule has 0 saturated heterocycles. The summed E-state index contributed by atoms with van der Waals surface area (Å²) in [5.74, 6) is -0.490. The van der Waals surface area contributed by atoms with E-state index >= 15 is 0 Å². The zero-order valence-corrected chi connectivity index (χ0v) is 13.8. The molecule has 24 heavy (non-hydrogen) atoms. The van der Waals surface area contributed by atoms with E-state index in [1.54, 1.807) is 4.40 Å². The number of azo groups is 1. The second-order valence-corrected chi connectivity index (χ2v) is 5.88. The van der Waals surface area contributed by atoms with Gasteiger partial charge in [-0.2, -0.15) is 0 Å². The predicted molar refractivity (Wildman–Crippen MR) is 91.4 cm³/mol. The van der Waals surface area contributed by atoms with Gasteiger partial charge in [0.25, 0.3) is 0 Å². The van der Waals surface area contributed by atoms with Gasteiger partial charge in [0.2, 0.25) is 0 Å². The molecule has 0 saturated carbocycles. The standard InChI is InChI=1S/C18H18N4O2/c1-11-4-6-13(3)14(8-11)20-21-18-15(9-17(23)24)19-16-7-5-12(2)10-22(16)18/h4-8,10H,9H2,1-3H3,(H,23,24). The summed E-state index contributed by atoms with van der Waals surface area (Å²) in [6, 6.07) is 9.72. The minimum atomic E-state index is -0.946. The molecule has 122 valence electrons. The summed E-state index contributed by atoms with van der Waals surface area (Å²) in [6.45, 7) is 5.92. The molecule has 3 aromatic rings. The molecule has 3 rings (SSSR count). The van der Waals surface area contributed by atoms with Gasteiger partial charge in [0.1, 0.15) is 5.65 Å². The van der Waals surface area contributed by atoms with Crippen LogP contribution in [0.25, 0.3) is 5.65 Å². The lowest BCUT2D eigenvalue weighted by atomic mass is 10.1. The van der Waals surface area contributed by atoms with E-state index in [1.807, 2.05) is 57.3 Å². The number of aliphatic carboxylic acids is 1. The Labute approximate surface area is 139 Å². The van der Waals surface area contributed by atoms with Crippen molar-refractivity contribution in [3.05, 3.63) is 58.9 Å². The van der Waals surface area contributed by atoms with E-state index in [0.29, 0.717) is 17.2 Å². The van der Waals surface area contributed by atoms with Crippen molar-refractivity contribution in [2.45, 2.75) is 27.2 Å². The fourth-order valence-electron chi connectivity index (χ4n) is 2.48. The number of aromatic nitrogens is 2. The Morgan fingerprint density at radius 3 is 2.62 bits per heavy atom. The lowest BCUT2D eigenvalue weighted by Gasteiger charge is -2.01. The van der Waals surface area contributed by atoms with Crippen molar-refractivity contribution in [1.29, 1.82) is 0 Å². The third kappa shape index (κ3) is 3.17. The number of carboxylic acids is 1. The highest BCUT2D eigenvalue weighted by Gasteiger charge is 2.15. The first kappa shape index (κ1) is 15.9. The van der Waals surface area contributed by atoms with Crippen molar-refractivity contribution < 1.29 is 9.90 Å². The first-order chi connectivity index (χ1) is 11.4. The number of rotatable bonds is 4. The maximum absolute atomic E-state index is 11.1. The number of imidazole rings is 1. The second-order valence-electron chi connectivity index (χ2n) is 5.88. The zero-order valence-electron chi connectivity index (χ0n) is 13.8. The van der Waals surface area contributed by atoms with Crippen molar-refractivity contribution in [1.82, 2.24) is 9.38 Å². The van der Waals surface area contributed by atoms with E-state index in [-0.39, 0.29) is 6.42 Å². The van der Waals surface area contributed by atoms with Crippen LogP contribution in [0.5, 0.6) is 0 Å². The highest BCUT2D eigenvalue weighted by atomic mass is 16.4. The fraction of sp³-hybridized carbons (Fsp3) is 0.222. The molecule has 0 aliphatic heterocycles. The maximum Gasteiger partial charge on any atom is 0.309 e. The number of hydrogen-bond acceptors (Lipinski definition) is 4. The van der Waals surface area contributed by atoms with Crippen molar-refractivity contribution in [2.24, 2.45) is 10.2 Å². The maximum atomic E-state index is 11.1. The van der Waals surface area contributed by atoms with Gasteiger partial charge in [-0.1, -0.05) is 18.2 Å². The largest absolute Gasteiger partial charge is 0.481 e. The summed E-state index contributed by atoms with van der Waals surface area (Å²) in [6.07, 6.45) is 1.69. The number of benzene rings is 1. The summed E-state index contributed by atoms with van der Waals surface area (Å²) in [4.78, 5) is 15.5. The highest BCUT2D eigenvalue weighted by molar-refractivity contribution is 5.72. The number of carboxylic acid groups (broad SMARTS) is 1. The molecular weight excluding hydrogens is 304 g/mol. The second kappa shape index (κ2) is 6.23. The molecule has 0 atom stereocenters. The van der Waals surface area contributed by atoms with E-state index in [2.05, 4.69) is 15.2 Å². The third-order valence-corrected chi connectivity index (χ3v) is 3.75. The van der Waals surface area contributed by atoms with Gasteiger partial charge in [-0.05, 0) is 49.6 Å². The normalized spacial score (nSPS) is 11.5. The van der Waals surface area contributed by atoms with Crippen molar-refractivity contribution in [3.8, 4) is 0 Å². The topological polar surface area (TPSA) is 79.3 Å². The van der Waals surface area contributed by atoms with Crippen molar-refractivity contribution >= 4 is 23.1 Å². The number of aryl methyl sites for hydroxylation is 3. The lowest BCUT2D eigenvalue weighted by molar-refractivity contribution is -0.136. The fourth-order valence-corrected chi connectivity index (χ4v) is 2.48. The van der Waals surface area contributed by atoms with Crippen LogP contribution in [0.1, 0.15) is 22.4 Å². The Bertz CT molecular complexity index is 957. The SMILES string of the molecule is Cc1ccc(C)c(N=Nc2c(CC(=O)O)nc3ccc(C)cn23)c1. The Balaban J connectivity index is 2.12. The molecule has 0 aliphatic carbocycles. The van der Waals surface area contributed by atoms with Crippen LogP contribution in [0.3, 0.4) is 0 Å². The third-order valence-electron chi connectivity index (χ3n) is 3.75. The van der Waals surface area contributed by atoms with Gasteiger partial charge in [0.05, 0.1) is 17.8 Å². The summed E-state index contributed by atoms with van der Waals surface area (Å²) in [7, 11) is 0. The van der Waals surface area contributed by atoms with Crippen LogP contribution in [0.2, 0.25) is 0 Å². The van der Waals surface area contributed by atoms with Crippen molar-refractivity contribution in [3.63, 3.8) is 0 Å². The van der Waals surface area contributed by atoms with Crippen LogP contribution in [0, 0.1) is 20.8 Å². The van der Waals surface area contributed by atoms with Gasteiger partial charge in [-0.15, -0.1) is 10.2 Å². The van der Waals surface area contributed by atoms with E-state index in [1.165, 1.54) is 0 Å². The Morgan fingerprint density at radius 1 is 1.12 bits per heavy atom. The van der Waals surface area contributed by atoms with E-state index in [4.69, 9.17) is 5.11 Å². The van der Waals surface area contributed by atoms with Gasteiger partial charge in [0, 0.05) is 6.20 Å². The zero-order chi connectivity index (χ0) is 17.3. The smallest absolute Gasteiger partial charge is 0.309 e. The molecule has 1 aromatic carbocycles. The van der Waals surface area contributed by atoms with Gasteiger partial charge in [-0.3, -0.25) is 9.20 Å². The Morgan fingerprint density at radius 2 is 1.88 bits per heavy atom. The molecule has 6 nitrogen and oxygen atoms in total. The Kier molecular flexibility index (Phi) is 4.12. The minimum Gasteiger partial charge on any atom is -0.481 e. The Hall–Kier alpha value is -3.02. The predicted octanol–water partition coefficient (Wildman–Crippen LogP) is 4.30. The molecule has 0 fully saturated rings. The molecule has 0 spiro atoms. The lowest BCUT2D eigenvalue weighted by Crippen LogP contribution is -2.00. The van der Waals surface area contributed by atoms with Crippen LogP contribution in [-0.4, -0.2) is 20.5 Å². The van der Waals surface area contributed by atoms with Gasteiger partial charge < -0.3 is 5.11 Å². The molecule has 0 amide bonds. The number of nitrogens with zero attached hydrogens (tertiary/aromatic N) is 4. The average Bonchev–Trinajstić information content (AvgIpc) is 2.84. The first-order valence-electron chi connectivity index (χ1n) is 7.62. The molecule has 6 heteroatoms. The molecular formula is C18H18N4O2. The van der Waals surface area contributed by atoms with Gasteiger partial charge in [-0.25, -0.2) is 4.98 Å². The highest BCUT2D eigenvalue weighted by Crippen LogP contribution is 2.27. The van der Waals surface area contributed by atoms with E-state index in [0.717, 1.165) is 22.4 Å². The molecule has 1 N–H and O–H groups in total. The molecule has 0 radical (unpaired) electrons. The number of pyridine rings is 1. The van der Waals surface area contributed by atoms with Crippen LogP contribution in [-0.2, 0) is 11.2 Å². The monoisotopic (exact) mass is 322 g/mol. The summed E-state index contributed by atoms with van der Waals surface area (Å²) in [5, 5.41) is 17.8. The molecule has 0 bridgehead atoms. The van der Waals surface area contributed by atoms with Crippen LogP contribution < -0.4 is 0 Å². The number of hydrogen-bond donors (Lipinski definition) is 1. The van der Waals surface area contributed by atoms with Crippen molar-refractivity contribution in [2.75, 3.05) is 0 Å². The molecule has 2 aromatic heterocycles. The van der Waals surface area contributed by atoms with Crippen LogP contribution in [0.4, 0.5) is 11.5 Å². The quantitative estimate of drug-likeness (QED) is 0.727. The van der Waals surface area contributed by atoms with Gasteiger partial charge >= 0.3 is 5.97 Å². The number of fused-ring (bicyclic) bond motifs is 1. The van der Waals surface area contributed by atoms with E-state index < -0.39 is 5.97 Å². The summed E-state index contributed by atoms with van der Waals surface area (Å²) >= 11 is 0. The summed E-state index contributed by atoms with van der Waals surface area (Å²) in [5.41, 5.74) is 4.96. The van der Waals surface area contributed by atoms with Crippen LogP contribution >= 0.6 is 0 Å². The molecule has 0 aliphatic rings. The summed E-state index contributed by atoms with van der Waals surface area (Å²) < 4.78 is 1.78. The minimum absolute atomic E-state index is 0.193.